The summed E-state index contributed by atoms with van der Waals surface area (Å²) in [5.74, 6) is 3.21. The Morgan fingerprint density at radius 1 is 0.386 bits per heavy atom. The maximum absolute atomic E-state index is 6.97. The third-order valence-corrected chi connectivity index (χ3v) is 12.5. The number of anilines is 6. The van der Waals surface area contributed by atoms with Crippen LogP contribution in [0.2, 0.25) is 10.0 Å². The van der Waals surface area contributed by atoms with Crippen molar-refractivity contribution in [2.45, 2.75) is 0 Å². The molecular weight excluding hydrogens is 745 g/mol. The predicted octanol–water partition coefficient (Wildman–Crippen LogP) is 9.70. The highest BCUT2D eigenvalue weighted by Gasteiger charge is 2.44. The summed E-state index contributed by atoms with van der Waals surface area (Å²) in [5, 5.41) is 3.34. The number of halogens is 2. The van der Waals surface area contributed by atoms with Crippen LogP contribution in [0.1, 0.15) is 0 Å². The summed E-state index contributed by atoms with van der Waals surface area (Å²) < 4.78 is 20.2. The zero-order chi connectivity index (χ0) is 37.5. The molecular formula is C48H26B2Cl2N2O3. The Kier molecular flexibility index (Phi) is 6.39. The molecule has 0 atom stereocenters. The number of hydrogen-bond acceptors (Lipinski definition) is 5. The number of hydrogen-bond donors (Lipinski definition) is 0. The third kappa shape index (κ3) is 4.38. The summed E-state index contributed by atoms with van der Waals surface area (Å²) in [6.45, 7) is -0.177. The van der Waals surface area contributed by atoms with Crippen molar-refractivity contribution < 1.29 is 13.9 Å². The lowest BCUT2D eigenvalue weighted by Crippen LogP contribution is -2.59. The number of furan rings is 1. The van der Waals surface area contributed by atoms with E-state index in [1.165, 1.54) is 10.9 Å². The summed E-state index contributed by atoms with van der Waals surface area (Å²) in [4.78, 5) is 4.59. The first kappa shape index (κ1) is 31.6. The van der Waals surface area contributed by atoms with Crippen LogP contribution < -0.4 is 52.1 Å². The van der Waals surface area contributed by atoms with Gasteiger partial charge in [-0.2, -0.15) is 0 Å². The minimum absolute atomic E-state index is 0.0886. The first-order valence-electron chi connectivity index (χ1n) is 19.0. The van der Waals surface area contributed by atoms with Crippen molar-refractivity contribution in [3.05, 3.63) is 168 Å². The first-order chi connectivity index (χ1) is 28.1. The molecule has 0 bridgehead atoms. The minimum atomic E-state index is -0.0886. The Labute approximate surface area is 338 Å². The Hall–Kier alpha value is -6.53. The van der Waals surface area contributed by atoms with Crippen LogP contribution in [-0.2, 0) is 0 Å². The maximum Gasteiger partial charge on any atom is 0.256 e. The molecule has 0 saturated carbocycles. The molecule has 13 rings (SSSR count). The molecule has 9 heteroatoms. The summed E-state index contributed by atoms with van der Waals surface area (Å²) in [7, 11) is 0. The van der Waals surface area contributed by atoms with E-state index in [0.717, 1.165) is 101 Å². The van der Waals surface area contributed by atoms with Gasteiger partial charge in [0.15, 0.2) is 0 Å². The van der Waals surface area contributed by atoms with Gasteiger partial charge >= 0.3 is 0 Å². The number of benzene rings is 8. The summed E-state index contributed by atoms with van der Waals surface area (Å²) in [6.07, 6.45) is 0. The van der Waals surface area contributed by atoms with E-state index in [2.05, 4.69) is 119 Å². The van der Waals surface area contributed by atoms with Gasteiger partial charge in [-0.15, -0.1) is 0 Å². The molecule has 0 radical (unpaired) electrons. The molecule has 0 N–H and O–H groups in total. The highest BCUT2D eigenvalue weighted by atomic mass is 35.5. The Bertz CT molecular complexity index is 3000. The summed E-state index contributed by atoms with van der Waals surface area (Å²) >= 11 is 13.7. The first-order valence-corrected chi connectivity index (χ1v) is 19.8. The summed E-state index contributed by atoms with van der Waals surface area (Å²) in [5.41, 5.74) is 14.5. The van der Waals surface area contributed by atoms with Gasteiger partial charge in [-0.25, -0.2) is 0 Å². The van der Waals surface area contributed by atoms with E-state index in [9.17, 15) is 0 Å². The van der Waals surface area contributed by atoms with Gasteiger partial charge in [-0.3, -0.25) is 0 Å². The highest BCUT2D eigenvalue weighted by Crippen LogP contribution is 2.46. The van der Waals surface area contributed by atoms with Crippen molar-refractivity contribution >= 4 is 125 Å². The standard InChI is InChI=1S/C48H26B2Cl2N2O3/c51-27-19-39-47-45(21-27)55-41-17-9-7-15-33(41)49(47)35-23-31-32-24-36-38(26-44(32)57-43(31)25-37(35)53(39)29-11-3-1-4-12-29)54(30-13-5-2-6-14-30)40-20-28(52)22-46-48(40)50(36)34-16-8-10-18-42(34)56-46/h1-26H. The van der Waals surface area contributed by atoms with Gasteiger partial charge in [-0.1, -0.05) is 108 Å². The molecule has 266 valence electrons. The molecule has 0 aliphatic carbocycles. The fraction of sp³-hybridized carbons (Fsp3) is 0. The van der Waals surface area contributed by atoms with E-state index >= 15 is 0 Å². The smallest absolute Gasteiger partial charge is 0.256 e. The van der Waals surface area contributed by atoms with E-state index in [4.69, 9.17) is 37.1 Å². The average Bonchev–Trinajstić information content (AvgIpc) is 3.58. The van der Waals surface area contributed by atoms with Crippen molar-refractivity contribution in [1.29, 1.82) is 0 Å². The molecule has 0 spiro atoms. The molecule has 57 heavy (non-hydrogen) atoms. The molecule has 0 unspecified atom stereocenters. The SMILES string of the molecule is Clc1cc2c3c(c1)N(c1ccccc1)c1cc4oc5cc6c(cc5c4cc1B3c1ccccc1O2)B1c2ccccc2Oc2cc(Cl)cc(c21)N6c1ccccc1. The average molecular weight is 771 g/mol. The number of para-hydroxylation sites is 4. The van der Waals surface area contributed by atoms with Crippen LogP contribution in [0.15, 0.2) is 162 Å². The van der Waals surface area contributed by atoms with Gasteiger partial charge in [-0.05, 0) is 93.4 Å². The normalized spacial score (nSPS) is 13.9. The minimum Gasteiger partial charge on any atom is -0.458 e. The molecule has 1 aromatic heterocycles. The highest BCUT2D eigenvalue weighted by molar-refractivity contribution is 7.00. The van der Waals surface area contributed by atoms with Crippen LogP contribution in [0.4, 0.5) is 34.1 Å². The molecule has 5 heterocycles. The second-order valence-corrected chi connectivity index (χ2v) is 16.0. The molecule has 0 saturated heterocycles. The fourth-order valence-corrected chi connectivity index (χ4v) is 10.2. The Morgan fingerprint density at radius 3 is 1.26 bits per heavy atom. The van der Waals surface area contributed by atoms with Crippen LogP contribution >= 0.6 is 23.2 Å². The Balaban J connectivity index is 1.12. The monoisotopic (exact) mass is 770 g/mol. The van der Waals surface area contributed by atoms with Gasteiger partial charge in [0.1, 0.15) is 34.2 Å². The number of nitrogens with zero attached hydrogens (tertiary/aromatic N) is 2. The molecule has 0 fully saturated rings. The lowest BCUT2D eigenvalue weighted by atomic mass is 9.34. The molecule has 4 aliphatic heterocycles. The van der Waals surface area contributed by atoms with Gasteiger partial charge < -0.3 is 23.7 Å². The lowest BCUT2D eigenvalue weighted by Gasteiger charge is -2.40. The van der Waals surface area contributed by atoms with Crippen LogP contribution in [0.3, 0.4) is 0 Å². The summed E-state index contributed by atoms with van der Waals surface area (Å²) in [6, 6.07) is 54.7. The number of rotatable bonds is 2. The topological polar surface area (TPSA) is 38.1 Å². The van der Waals surface area contributed by atoms with Crippen LogP contribution in [0.25, 0.3) is 21.9 Å². The van der Waals surface area contributed by atoms with E-state index in [-0.39, 0.29) is 13.4 Å². The zero-order valence-corrected chi connectivity index (χ0v) is 31.6. The number of fused-ring (bicyclic) bond motifs is 11. The third-order valence-electron chi connectivity index (χ3n) is 12.0. The largest absolute Gasteiger partial charge is 0.458 e. The van der Waals surface area contributed by atoms with E-state index in [0.29, 0.717) is 10.0 Å². The predicted molar refractivity (Wildman–Crippen MR) is 235 cm³/mol. The molecule has 0 amide bonds. The van der Waals surface area contributed by atoms with Gasteiger partial charge in [0.05, 0.1) is 0 Å². The molecule has 8 aromatic carbocycles. The second-order valence-electron chi connectivity index (χ2n) is 15.1. The van der Waals surface area contributed by atoms with Crippen molar-refractivity contribution in [2.75, 3.05) is 9.80 Å². The molecule has 5 nitrogen and oxygen atoms in total. The lowest BCUT2D eigenvalue weighted by molar-refractivity contribution is 0.487. The Morgan fingerprint density at radius 2 is 0.807 bits per heavy atom. The van der Waals surface area contributed by atoms with Gasteiger partial charge in [0, 0.05) is 67.1 Å². The molecule has 4 aliphatic rings. The quantitative estimate of drug-likeness (QED) is 0.164. The zero-order valence-electron chi connectivity index (χ0n) is 30.0. The van der Waals surface area contributed by atoms with Crippen LogP contribution in [0, 0.1) is 0 Å². The second kappa shape index (κ2) is 11.5. The van der Waals surface area contributed by atoms with Crippen LogP contribution in [0.5, 0.6) is 23.0 Å². The van der Waals surface area contributed by atoms with Gasteiger partial charge in [0.25, 0.3) is 13.4 Å². The van der Waals surface area contributed by atoms with Gasteiger partial charge in [0.2, 0.25) is 0 Å². The van der Waals surface area contributed by atoms with E-state index in [1.807, 2.05) is 48.5 Å². The fourth-order valence-electron chi connectivity index (χ4n) is 9.80. The van der Waals surface area contributed by atoms with E-state index < -0.39 is 0 Å². The van der Waals surface area contributed by atoms with Crippen molar-refractivity contribution in [3.63, 3.8) is 0 Å². The van der Waals surface area contributed by atoms with Crippen molar-refractivity contribution in [2.24, 2.45) is 0 Å². The van der Waals surface area contributed by atoms with Crippen molar-refractivity contribution in [3.8, 4) is 23.0 Å². The number of ether oxygens (including phenoxy) is 2. The maximum atomic E-state index is 6.97. The van der Waals surface area contributed by atoms with Crippen molar-refractivity contribution in [1.82, 2.24) is 0 Å². The molecule has 9 aromatic rings. The van der Waals surface area contributed by atoms with E-state index in [1.54, 1.807) is 0 Å². The van der Waals surface area contributed by atoms with Crippen LogP contribution in [-0.4, -0.2) is 13.4 Å².